The van der Waals surface area contributed by atoms with E-state index in [1.165, 1.54) is 5.56 Å². The van der Waals surface area contributed by atoms with E-state index >= 15 is 0 Å². The van der Waals surface area contributed by atoms with Crippen LogP contribution in [0, 0.1) is 0 Å². The first-order valence-electron chi connectivity index (χ1n) is 6.35. The minimum absolute atomic E-state index is 0.717. The van der Waals surface area contributed by atoms with E-state index in [-0.39, 0.29) is 0 Å². The second-order valence-corrected chi connectivity index (χ2v) is 4.93. The molecule has 2 aromatic rings. The Labute approximate surface area is 124 Å². The van der Waals surface area contributed by atoms with E-state index in [1.54, 1.807) is 7.11 Å². The van der Waals surface area contributed by atoms with E-state index in [1.807, 2.05) is 55.5 Å². The van der Waals surface area contributed by atoms with Crippen molar-refractivity contribution in [2.45, 2.75) is 13.3 Å². The molecule has 0 aliphatic rings. The Balaban J connectivity index is 1.94. The molecule has 0 atom stereocenters. The molecule has 104 valence electrons. The number of benzene rings is 2. The van der Waals surface area contributed by atoms with Gasteiger partial charge in [-0.25, -0.2) is 0 Å². The Hall–Kier alpha value is -2.00. The van der Waals surface area contributed by atoms with Gasteiger partial charge in [-0.1, -0.05) is 23.7 Å². The molecule has 0 bridgehead atoms. The maximum Gasteiger partial charge on any atom is 0.118 e. The van der Waals surface area contributed by atoms with E-state index in [4.69, 9.17) is 16.3 Å². The number of nitrogens with zero attached hydrogens (tertiary/aromatic N) is 1. The summed E-state index contributed by atoms with van der Waals surface area (Å²) in [6.45, 7) is 1.99. The molecular formula is C16H17ClN2O. The smallest absolute Gasteiger partial charge is 0.118 e. The molecule has 0 fully saturated rings. The van der Waals surface area contributed by atoms with Gasteiger partial charge in [0.25, 0.3) is 0 Å². The largest absolute Gasteiger partial charge is 0.497 e. The number of anilines is 1. The van der Waals surface area contributed by atoms with E-state index < -0.39 is 0 Å². The Morgan fingerprint density at radius 2 is 1.75 bits per heavy atom. The van der Waals surface area contributed by atoms with Crippen LogP contribution in [0.4, 0.5) is 5.69 Å². The number of halogens is 1. The van der Waals surface area contributed by atoms with Crippen molar-refractivity contribution >= 4 is 23.0 Å². The van der Waals surface area contributed by atoms with Gasteiger partial charge in [-0.15, -0.1) is 0 Å². The van der Waals surface area contributed by atoms with Gasteiger partial charge in [-0.3, -0.25) is 5.43 Å². The monoisotopic (exact) mass is 288 g/mol. The Morgan fingerprint density at radius 3 is 2.35 bits per heavy atom. The fourth-order valence-electron chi connectivity index (χ4n) is 1.76. The molecule has 2 aromatic carbocycles. The van der Waals surface area contributed by atoms with Crippen molar-refractivity contribution in [2.75, 3.05) is 12.5 Å². The molecule has 3 nitrogen and oxygen atoms in total. The third-order valence-electron chi connectivity index (χ3n) is 2.84. The first-order valence-corrected chi connectivity index (χ1v) is 6.73. The zero-order chi connectivity index (χ0) is 14.4. The van der Waals surface area contributed by atoms with Crippen LogP contribution in [0.3, 0.4) is 0 Å². The highest BCUT2D eigenvalue weighted by Crippen LogP contribution is 2.14. The molecule has 0 radical (unpaired) electrons. The summed E-state index contributed by atoms with van der Waals surface area (Å²) in [6, 6.07) is 15.4. The van der Waals surface area contributed by atoms with Gasteiger partial charge in [0.2, 0.25) is 0 Å². The fraction of sp³-hybridized carbons (Fsp3) is 0.188. The Bertz CT molecular complexity index is 576. The van der Waals surface area contributed by atoms with Gasteiger partial charge in [0.1, 0.15) is 5.75 Å². The summed E-state index contributed by atoms with van der Waals surface area (Å²) in [5.74, 6) is 0.864. The molecule has 0 aromatic heterocycles. The molecule has 20 heavy (non-hydrogen) atoms. The minimum Gasteiger partial charge on any atom is -0.497 e. The number of ether oxygens (including phenoxy) is 1. The number of rotatable bonds is 5. The molecule has 0 amide bonds. The van der Waals surface area contributed by atoms with Gasteiger partial charge in [0, 0.05) is 17.2 Å². The number of hydrazone groups is 1. The van der Waals surface area contributed by atoms with Gasteiger partial charge in [-0.2, -0.15) is 5.10 Å². The van der Waals surface area contributed by atoms with Crippen LogP contribution in [0.2, 0.25) is 5.02 Å². The summed E-state index contributed by atoms with van der Waals surface area (Å²) in [5, 5.41) is 5.07. The highest BCUT2D eigenvalue weighted by Gasteiger charge is 1.98. The van der Waals surface area contributed by atoms with Crippen LogP contribution in [0.15, 0.2) is 53.6 Å². The van der Waals surface area contributed by atoms with Gasteiger partial charge in [0.15, 0.2) is 0 Å². The molecule has 0 heterocycles. The van der Waals surface area contributed by atoms with Crippen LogP contribution in [0.25, 0.3) is 0 Å². The number of nitrogens with one attached hydrogen (secondary N) is 1. The molecule has 1 N–H and O–H groups in total. The van der Waals surface area contributed by atoms with Crippen LogP contribution >= 0.6 is 11.6 Å². The third kappa shape index (κ3) is 4.28. The van der Waals surface area contributed by atoms with Crippen LogP contribution in [0.1, 0.15) is 12.5 Å². The zero-order valence-corrected chi connectivity index (χ0v) is 12.3. The van der Waals surface area contributed by atoms with Crippen molar-refractivity contribution in [1.29, 1.82) is 0 Å². The van der Waals surface area contributed by atoms with Gasteiger partial charge in [0.05, 0.1) is 12.8 Å². The fourth-order valence-corrected chi connectivity index (χ4v) is 1.89. The predicted molar refractivity (Wildman–Crippen MR) is 84.9 cm³/mol. The highest BCUT2D eigenvalue weighted by atomic mass is 35.5. The quantitative estimate of drug-likeness (QED) is 0.654. The van der Waals surface area contributed by atoms with E-state index in [9.17, 15) is 0 Å². The van der Waals surface area contributed by atoms with Crippen LogP contribution in [0.5, 0.6) is 5.75 Å². The molecule has 0 aliphatic carbocycles. The van der Waals surface area contributed by atoms with Gasteiger partial charge in [-0.05, 0) is 48.9 Å². The van der Waals surface area contributed by atoms with Crippen molar-refractivity contribution in [3.05, 3.63) is 59.1 Å². The first-order chi connectivity index (χ1) is 9.67. The molecule has 0 spiro atoms. The summed E-state index contributed by atoms with van der Waals surface area (Å²) in [5.41, 5.74) is 6.14. The summed E-state index contributed by atoms with van der Waals surface area (Å²) in [4.78, 5) is 0. The molecule has 2 rings (SSSR count). The number of hydrogen-bond donors (Lipinski definition) is 1. The van der Waals surface area contributed by atoms with E-state index in [0.717, 1.165) is 28.6 Å². The van der Waals surface area contributed by atoms with Crippen molar-refractivity contribution in [1.82, 2.24) is 0 Å². The average molecular weight is 289 g/mol. The summed E-state index contributed by atoms with van der Waals surface area (Å²) < 4.78 is 5.14. The van der Waals surface area contributed by atoms with Crippen LogP contribution in [-0.4, -0.2) is 12.8 Å². The second-order valence-electron chi connectivity index (χ2n) is 4.49. The Morgan fingerprint density at radius 1 is 1.10 bits per heavy atom. The van der Waals surface area contributed by atoms with Crippen molar-refractivity contribution in [3.8, 4) is 5.75 Å². The minimum atomic E-state index is 0.717. The maximum absolute atomic E-state index is 5.83. The third-order valence-corrected chi connectivity index (χ3v) is 3.09. The first kappa shape index (κ1) is 14.4. The predicted octanol–water partition coefficient (Wildman–Crippen LogP) is 4.38. The molecule has 0 unspecified atom stereocenters. The van der Waals surface area contributed by atoms with Crippen molar-refractivity contribution < 1.29 is 4.74 Å². The van der Waals surface area contributed by atoms with Crippen molar-refractivity contribution in [2.24, 2.45) is 5.10 Å². The topological polar surface area (TPSA) is 33.6 Å². The van der Waals surface area contributed by atoms with Gasteiger partial charge >= 0.3 is 0 Å². The standard InChI is InChI=1S/C16H17ClN2O/c1-12(11-13-3-9-16(20-2)10-4-13)18-19-15-7-5-14(17)6-8-15/h3-10,19H,11H2,1-2H3/b18-12-. The molecule has 0 saturated carbocycles. The highest BCUT2D eigenvalue weighted by molar-refractivity contribution is 6.30. The average Bonchev–Trinajstić information content (AvgIpc) is 2.47. The summed E-state index contributed by atoms with van der Waals surface area (Å²) in [6.07, 6.45) is 0.796. The molecule has 4 heteroatoms. The molecular weight excluding hydrogens is 272 g/mol. The van der Waals surface area contributed by atoms with Crippen LogP contribution in [-0.2, 0) is 6.42 Å². The Kier molecular flexibility index (Phi) is 5.02. The normalized spacial score (nSPS) is 11.2. The zero-order valence-electron chi connectivity index (χ0n) is 11.6. The number of methoxy groups -OCH3 is 1. The number of hydrogen-bond acceptors (Lipinski definition) is 3. The lowest BCUT2D eigenvalue weighted by molar-refractivity contribution is 0.414. The lowest BCUT2D eigenvalue weighted by Gasteiger charge is -2.05. The summed E-state index contributed by atoms with van der Waals surface area (Å²) in [7, 11) is 1.66. The molecule has 0 aliphatic heterocycles. The van der Waals surface area contributed by atoms with E-state index in [2.05, 4.69) is 10.5 Å². The van der Waals surface area contributed by atoms with Crippen molar-refractivity contribution in [3.63, 3.8) is 0 Å². The van der Waals surface area contributed by atoms with Crippen LogP contribution < -0.4 is 10.2 Å². The lowest BCUT2D eigenvalue weighted by Crippen LogP contribution is -2.01. The SMILES string of the molecule is COc1ccc(C/C(C)=N\Nc2ccc(Cl)cc2)cc1. The molecule has 0 saturated heterocycles. The van der Waals surface area contributed by atoms with E-state index in [0.29, 0.717) is 0 Å². The summed E-state index contributed by atoms with van der Waals surface area (Å²) >= 11 is 5.83. The van der Waals surface area contributed by atoms with Gasteiger partial charge < -0.3 is 4.74 Å². The maximum atomic E-state index is 5.83. The second kappa shape index (κ2) is 6.96. The lowest BCUT2D eigenvalue weighted by atomic mass is 10.1.